The summed E-state index contributed by atoms with van der Waals surface area (Å²) < 4.78 is 0. The summed E-state index contributed by atoms with van der Waals surface area (Å²) in [5, 5.41) is 14.1. The second-order valence-corrected chi connectivity index (χ2v) is 5.70. The van der Waals surface area contributed by atoms with Crippen LogP contribution in [0.3, 0.4) is 0 Å². The van der Waals surface area contributed by atoms with Crippen LogP contribution in [0.2, 0.25) is 0 Å². The number of carboxylic acid groups (broad SMARTS) is 1. The van der Waals surface area contributed by atoms with Crippen LogP contribution in [0, 0.1) is 0 Å². The van der Waals surface area contributed by atoms with E-state index in [2.05, 4.69) is 10.6 Å². The highest BCUT2D eigenvalue weighted by Crippen LogP contribution is 2.15. The molecule has 1 aromatic carbocycles. The van der Waals surface area contributed by atoms with Gasteiger partial charge in [-0.2, -0.15) is 11.8 Å². The van der Waals surface area contributed by atoms with Gasteiger partial charge in [0.05, 0.1) is 0 Å². The second-order valence-electron chi connectivity index (χ2n) is 4.71. The molecule has 6 nitrogen and oxygen atoms in total. The molecular weight excluding hydrogens is 290 g/mol. The van der Waals surface area contributed by atoms with E-state index < -0.39 is 18.0 Å². The molecule has 0 aromatic heterocycles. The highest BCUT2D eigenvalue weighted by atomic mass is 32.2. The SMILES string of the molecule is CSCCC(NC(=O)Nc1ccc(N(C)C)cc1)C(=O)O. The lowest BCUT2D eigenvalue weighted by molar-refractivity contribution is -0.139. The second kappa shape index (κ2) is 8.41. The van der Waals surface area contributed by atoms with E-state index in [0.29, 0.717) is 17.9 Å². The fraction of sp³-hybridized carbons (Fsp3) is 0.429. The lowest BCUT2D eigenvalue weighted by Crippen LogP contribution is -2.43. The third-order valence-electron chi connectivity index (χ3n) is 2.86. The molecule has 0 radical (unpaired) electrons. The average molecular weight is 311 g/mol. The number of benzene rings is 1. The Balaban J connectivity index is 2.57. The van der Waals surface area contributed by atoms with Crippen molar-refractivity contribution >= 4 is 35.1 Å². The first-order chi connectivity index (χ1) is 9.93. The minimum absolute atomic E-state index is 0.392. The molecule has 0 heterocycles. The minimum Gasteiger partial charge on any atom is -0.480 e. The van der Waals surface area contributed by atoms with Crippen LogP contribution < -0.4 is 15.5 Å². The molecule has 0 saturated heterocycles. The molecule has 0 saturated carbocycles. The van der Waals surface area contributed by atoms with E-state index in [1.807, 2.05) is 37.4 Å². The van der Waals surface area contributed by atoms with Crippen LogP contribution >= 0.6 is 11.8 Å². The molecule has 21 heavy (non-hydrogen) atoms. The molecule has 116 valence electrons. The van der Waals surface area contributed by atoms with Gasteiger partial charge in [0.2, 0.25) is 0 Å². The van der Waals surface area contributed by atoms with Crippen LogP contribution in [-0.4, -0.2) is 49.3 Å². The number of anilines is 2. The number of rotatable bonds is 7. The highest BCUT2D eigenvalue weighted by Gasteiger charge is 2.19. The van der Waals surface area contributed by atoms with Gasteiger partial charge >= 0.3 is 12.0 Å². The summed E-state index contributed by atoms with van der Waals surface area (Å²) in [5.41, 5.74) is 1.64. The van der Waals surface area contributed by atoms with Gasteiger partial charge in [-0.05, 0) is 42.7 Å². The number of thioether (sulfide) groups is 1. The van der Waals surface area contributed by atoms with Crippen LogP contribution in [0.15, 0.2) is 24.3 Å². The third-order valence-corrected chi connectivity index (χ3v) is 3.50. The normalized spacial score (nSPS) is 11.6. The Morgan fingerprint density at radius 1 is 1.29 bits per heavy atom. The Morgan fingerprint density at radius 3 is 2.38 bits per heavy atom. The number of hydrogen-bond acceptors (Lipinski definition) is 4. The predicted molar refractivity (Wildman–Crippen MR) is 87.3 cm³/mol. The maximum Gasteiger partial charge on any atom is 0.326 e. The first kappa shape index (κ1) is 17.2. The molecule has 0 aliphatic carbocycles. The van der Waals surface area contributed by atoms with E-state index in [1.165, 1.54) is 0 Å². The van der Waals surface area contributed by atoms with E-state index >= 15 is 0 Å². The minimum atomic E-state index is -1.03. The molecule has 2 amide bonds. The molecule has 0 aliphatic heterocycles. The molecule has 0 spiro atoms. The average Bonchev–Trinajstić information content (AvgIpc) is 2.43. The lowest BCUT2D eigenvalue weighted by atomic mass is 10.2. The maximum atomic E-state index is 11.8. The van der Waals surface area contributed by atoms with E-state index in [0.717, 1.165) is 5.69 Å². The third kappa shape index (κ3) is 5.95. The van der Waals surface area contributed by atoms with Gasteiger partial charge in [-0.25, -0.2) is 9.59 Å². The van der Waals surface area contributed by atoms with Crippen molar-refractivity contribution in [1.82, 2.24) is 5.32 Å². The number of hydrogen-bond donors (Lipinski definition) is 3. The maximum absolute atomic E-state index is 11.8. The summed E-state index contributed by atoms with van der Waals surface area (Å²) in [7, 11) is 3.86. The molecule has 7 heteroatoms. The molecule has 0 fully saturated rings. The van der Waals surface area contributed by atoms with E-state index in [1.54, 1.807) is 23.9 Å². The first-order valence-corrected chi connectivity index (χ1v) is 7.90. The zero-order valence-electron chi connectivity index (χ0n) is 12.4. The number of carboxylic acids is 1. The molecule has 1 atom stereocenters. The topological polar surface area (TPSA) is 81.7 Å². The van der Waals surface area contributed by atoms with Crippen molar-refractivity contribution in [2.24, 2.45) is 0 Å². The summed E-state index contributed by atoms with van der Waals surface area (Å²) in [6, 6.07) is 5.90. The summed E-state index contributed by atoms with van der Waals surface area (Å²) in [4.78, 5) is 24.8. The summed E-state index contributed by atoms with van der Waals surface area (Å²) in [5.74, 6) is -0.350. The number of urea groups is 1. The predicted octanol–water partition coefficient (Wildman–Crippen LogP) is 2.08. The monoisotopic (exact) mass is 311 g/mol. The molecule has 0 bridgehead atoms. The van der Waals surface area contributed by atoms with E-state index in [9.17, 15) is 9.59 Å². The lowest BCUT2D eigenvalue weighted by Gasteiger charge is -2.16. The van der Waals surface area contributed by atoms with Crippen LogP contribution in [0.5, 0.6) is 0 Å². The molecule has 0 aliphatic rings. The standard InChI is InChI=1S/C14H21N3O3S/c1-17(2)11-6-4-10(5-7-11)15-14(20)16-12(13(18)19)8-9-21-3/h4-7,12H,8-9H2,1-3H3,(H,18,19)(H2,15,16,20). The van der Waals surface area contributed by atoms with Gasteiger partial charge in [0, 0.05) is 25.5 Å². The number of carbonyl (C=O) groups is 2. The Morgan fingerprint density at radius 2 is 1.90 bits per heavy atom. The van der Waals surface area contributed by atoms with Crippen molar-refractivity contribution in [2.45, 2.75) is 12.5 Å². The summed E-state index contributed by atoms with van der Waals surface area (Å²) in [6.45, 7) is 0. The number of amides is 2. The van der Waals surface area contributed by atoms with E-state index in [-0.39, 0.29) is 0 Å². The van der Waals surface area contributed by atoms with Crippen molar-refractivity contribution in [2.75, 3.05) is 36.3 Å². The highest BCUT2D eigenvalue weighted by molar-refractivity contribution is 7.98. The van der Waals surface area contributed by atoms with Crippen LogP contribution in [0.25, 0.3) is 0 Å². The summed E-state index contributed by atoms with van der Waals surface area (Å²) >= 11 is 1.54. The smallest absolute Gasteiger partial charge is 0.326 e. The van der Waals surface area contributed by atoms with Gasteiger partial charge in [0.1, 0.15) is 6.04 Å². The van der Waals surface area contributed by atoms with Gasteiger partial charge < -0.3 is 20.6 Å². The van der Waals surface area contributed by atoms with Crippen LogP contribution in [-0.2, 0) is 4.79 Å². The Labute approximate surface area is 128 Å². The zero-order chi connectivity index (χ0) is 15.8. The molecule has 1 rings (SSSR count). The van der Waals surface area contributed by atoms with Crippen molar-refractivity contribution in [3.05, 3.63) is 24.3 Å². The van der Waals surface area contributed by atoms with Gasteiger partial charge in [0.15, 0.2) is 0 Å². The van der Waals surface area contributed by atoms with Crippen molar-refractivity contribution < 1.29 is 14.7 Å². The van der Waals surface area contributed by atoms with Crippen molar-refractivity contribution in [1.29, 1.82) is 0 Å². The Bertz CT molecular complexity index is 477. The Kier molecular flexibility index (Phi) is 6.87. The van der Waals surface area contributed by atoms with Crippen LogP contribution in [0.4, 0.5) is 16.2 Å². The Hall–Kier alpha value is -1.89. The fourth-order valence-electron chi connectivity index (χ4n) is 1.66. The van der Waals surface area contributed by atoms with Gasteiger partial charge in [-0.15, -0.1) is 0 Å². The number of carbonyl (C=O) groups excluding carboxylic acids is 1. The quantitative estimate of drug-likeness (QED) is 0.718. The molecule has 3 N–H and O–H groups in total. The largest absolute Gasteiger partial charge is 0.480 e. The van der Waals surface area contributed by atoms with Gasteiger partial charge in [-0.3, -0.25) is 0 Å². The number of aliphatic carboxylic acids is 1. The first-order valence-electron chi connectivity index (χ1n) is 6.50. The molecule has 1 aromatic rings. The van der Waals surface area contributed by atoms with E-state index in [4.69, 9.17) is 5.11 Å². The van der Waals surface area contributed by atoms with Crippen molar-refractivity contribution in [3.8, 4) is 0 Å². The van der Waals surface area contributed by atoms with Crippen molar-refractivity contribution in [3.63, 3.8) is 0 Å². The zero-order valence-corrected chi connectivity index (χ0v) is 13.2. The molecule has 1 unspecified atom stereocenters. The summed E-state index contributed by atoms with van der Waals surface area (Å²) in [6.07, 6.45) is 2.29. The number of nitrogens with zero attached hydrogens (tertiary/aromatic N) is 1. The van der Waals surface area contributed by atoms with Gasteiger partial charge in [0.25, 0.3) is 0 Å². The molecular formula is C14H21N3O3S. The van der Waals surface area contributed by atoms with Crippen LogP contribution in [0.1, 0.15) is 6.42 Å². The van der Waals surface area contributed by atoms with Gasteiger partial charge in [-0.1, -0.05) is 0 Å². The fourth-order valence-corrected chi connectivity index (χ4v) is 2.13. The number of nitrogens with one attached hydrogen (secondary N) is 2.